The van der Waals surface area contributed by atoms with Crippen molar-refractivity contribution in [3.8, 4) is 17.6 Å². The van der Waals surface area contributed by atoms with Gasteiger partial charge in [0.1, 0.15) is 18.2 Å². The van der Waals surface area contributed by atoms with Crippen molar-refractivity contribution >= 4 is 0 Å². The number of benzene rings is 1. The molecular formula is C15H17FO3. The molecule has 2 rings (SSSR count). The van der Waals surface area contributed by atoms with Gasteiger partial charge >= 0.3 is 0 Å². The SMILES string of the molecule is OCC#Cc1ccc(OCCC2CCCO2)cc1F. The molecular weight excluding hydrogens is 247 g/mol. The third-order valence-corrected chi connectivity index (χ3v) is 2.98. The van der Waals surface area contributed by atoms with Crippen molar-refractivity contribution < 1.29 is 19.0 Å². The molecule has 0 radical (unpaired) electrons. The van der Waals surface area contributed by atoms with Crippen LogP contribution in [0.5, 0.6) is 5.75 Å². The van der Waals surface area contributed by atoms with Crippen molar-refractivity contribution in [1.82, 2.24) is 0 Å². The van der Waals surface area contributed by atoms with Crippen LogP contribution in [0.2, 0.25) is 0 Å². The first-order valence-electron chi connectivity index (χ1n) is 6.43. The van der Waals surface area contributed by atoms with Crippen molar-refractivity contribution in [3.05, 3.63) is 29.6 Å². The number of hydrogen-bond acceptors (Lipinski definition) is 3. The highest BCUT2D eigenvalue weighted by molar-refractivity contribution is 5.39. The predicted molar refractivity (Wildman–Crippen MR) is 69.4 cm³/mol. The molecule has 0 saturated carbocycles. The van der Waals surface area contributed by atoms with Crippen molar-refractivity contribution in [3.63, 3.8) is 0 Å². The summed E-state index contributed by atoms with van der Waals surface area (Å²) in [5.41, 5.74) is 0.264. The molecule has 4 heteroatoms. The third-order valence-electron chi connectivity index (χ3n) is 2.98. The van der Waals surface area contributed by atoms with Gasteiger partial charge in [0.2, 0.25) is 0 Å². The fourth-order valence-electron chi connectivity index (χ4n) is 2.00. The van der Waals surface area contributed by atoms with Gasteiger partial charge in [-0.1, -0.05) is 11.8 Å². The standard InChI is InChI=1S/C15H17FO3/c16-15-11-14(6-5-12(15)3-1-8-17)19-10-7-13-4-2-9-18-13/h5-6,11,13,17H,2,4,7-10H2. The molecule has 1 saturated heterocycles. The Bertz CT molecular complexity index is 470. The lowest BCUT2D eigenvalue weighted by atomic mass is 10.2. The second-order valence-electron chi connectivity index (χ2n) is 4.37. The monoisotopic (exact) mass is 264 g/mol. The van der Waals surface area contributed by atoms with E-state index in [4.69, 9.17) is 14.6 Å². The van der Waals surface area contributed by atoms with Crippen molar-refractivity contribution in [1.29, 1.82) is 0 Å². The van der Waals surface area contributed by atoms with E-state index in [2.05, 4.69) is 11.8 Å². The molecule has 102 valence electrons. The van der Waals surface area contributed by atoms with E-state index in [1.54, 1.807) is 12.1 Å². The van der Waals surface area contributed by atoms with Crippen LogP contribution in [0, 0.1) is 17.7 Å². The number of ether oxygens (including phenoxy) is 2. The Morgan fingerprint density at radius 1 is 1.47 bits per heavy atom. The van der Waals surface area contributed by atoms with Gasteiger partial charge in [-0.05, 0) is 25.0 Å². The molecule has 1 N–H and O–H groups in total. The van der Waals surface area contributed by atoms with Crippen LogP contribution in [-0.4, -0.2) is 31.0 Å². The Balaban J connectivity index is 1.85. The van der Waals surface area contributed by atoms with Crippen molar-refractivity contribution in [2.75, 3.05) is 19.8 Å². The first-order chi connectivity index (χ1) is 9.29. The fraction of sp³-hybridized carbons (Fsp3) is 0.467. The third kappa shape index (κ3) is 4.23. The minimum Gasteiger partial charge on any atom is -0.493 e. The van der Waals surface area contributed by atoms with Gasteiger partial charge in [0.05, 0.1) is 18.3 Å². The van der Waals surface area contributed by atoms with E-state index in [0.29, 0.717) is 12.4 Å². The molecule has 1 atom stereocenters. The van der Waals surface area contributed by atoms with Gasteiger partial charge in [-0.15, -0.1) is 0 Å². The summed E-state index contributed by atoms with van der Waals surface area (Å²) in [7, 11) is 0. The normalized spacial score (nSPS) is 17.9. The van der Waals surface area contributed by atoms with E-state index < -0.39 is 5.82 Å². The highest BCUT2D eigenvalue weighted by Gasteiger charge is 2.15. The molecule has 1 aromatic carbocycles. The first-order valence-corrected chi connectivity index (χ1v) is 6.43. The summed E-state index contributed by atoms with van der Waals surface area (Å²) in [6.07, 6.45) is 3.29. The zero-order chi connectivity index (χ0) is 13.5. The zero-order valence-electron chi connectivity index (χ0n) is 10.7. The second kappa shape index (κ2) is 7.13. The summed E-state index contributed by atoms with van der Waals surface area (Å²) >= 11 is 0. The lowest BCUT2D eigenvalue weighted by molar-refractivity contribution is 0.0903. The highest BCUT2D eigenvalue weighted by atomic mass is 19.1. The molecule has 0 aromatic heterocycles. The molecule has 1 unspecified atom stereocenters. The van der Waals surface area contributed by atoms with E-state index in [1.807, 2.05) is 0 Å². The summed E-state index contributed by atoms with van der Waals surface area (Å²) in [6, 6.07) is 4.55. The maximum Gasteiger partial charge on any atom is 0.142 e. The molecule has 1 fully saturated rings. The van der Waals surface area contributed by atoms with E-state index in [9.17, 15) is 4.39 Å². The lowest BCUT2D eigenvalue weighted by Crippen LogP contribution is -2.10. The minimum absolute atomic E-state index is 0.264. The minimum atomic E-state index is -0.435. The summed E-state index contributed by atoms with van der Waals surface area (Å²) in [5.74, 6) is 5.01. The van der Waals surface area contributed by atoms with Gasteiger partial charge in [-0.25, -0.2) is 4.39 Å². The van der Waals surface area contributed by atoms with Crippen LogP contribution in [0.15, 0.2) is 18.2 Å². The van der Waals surface area contributed by atoms with E-state index >= 15 is 0 Å². The predicted octanol–water partition coefficient (Wildman–Crippen LogP) is 2.12. The Hall–Kier alpha value is -1.57. The second-order valence-corrected chi connectivity index (χ2v) is 4.37. The van der Waals surface area contributed by atoms with Crippen LogP contribution in [0.4, 0.5) is 4.39 Å². The van der Waals surface area contributed by atoms with Crippen molar-refractivity contribution in [2.45, 2.75) is 25.4 Å². The zero-order valence-corrected chi connectivity index (χ0v) is 10.7. The molecule has 1 aliphatic rings. The van der Waals surface area contributed by atoms with Crippen LogP contribution < -0.4 is 4.74 Å². The van der Waals surface area contributed by atoms with Crippen LogP contribution in [0.25, 0.3) is 0 Å². The van der Waals surface area contributed by atoms with Gasteiger partial charge < -0.3 is 14.6 Å². The number of aliphatic hydroxyl groups excluding tert-OH is 1. The topological polar surface area (TPSA) is 38.7 Å². The summed E-state index contributed by atoms with van der Waals surface area (Å²) in [5, 5.41) is 8.56. The molecule has 0 bridgehead atoms. The van der Waals surface area contributed by atoms with Crippen LogP contribution in [0.1, 0.15) is 24.8 Å². The summed E-state index contributed by atoms with van der Waals surface area (Å²) in [6.45, 7) is 1.07. The Morgan fingerprint density at radius 2 is 2.37 bits per heavy atom. The average molecular weight is 264 g/mol. The van der Waals surface area contributed by atoms with Crippen molar-refractivity contribution in [2.24, 2.45) is 0 Å². The van der Waals surface area contributed by atoms with E-state index in [0.717, 1.165) is 25.9 Å². The molecule has 19 heavy (non-hydrogen) atoms. The molecule has 1 heterocycles. The van der Waals surface area contributed by atoms with Crippen LogP contribution in [-0.2, 0) is 4.74 Å². The Labute approximate surface area is 112 Å². The lowest BCUT2D eigenvalue weighted by Gasteiger charge is -2.10. The Morgan fingerprint density at radius 3 is 3.05 bits per heavy atom. The van der Waals surface area contributed by atoms with Gasteiger partial charge in [0.15, 0.2) is 0 Å². The maximum atomic E-state index is 13.6. The average Bonchev–Trinajstić information content (AvgIpc) is 2.91. The van der Waals surface area contributed by atoms with Gasteiger partial charge in [-0.2, -0.15) is 0 Å². The summed E-state index contributed by atoms with van der Waals surface area (Å²) < 4.78 is 24.6. The van der Waals surface area contributed by atoms with Gasteiger partial charge in [-0.3, -0.25) is 0 Å². The number of rotatable bonds is 4. The largest absolute Gasteiger partial charge is 0.493 e. The van der Waals surface area contributed by atoms with Crippen LogP contribution in [0.3, 0.4) is 0 Å². The highest BCUT2D eigenvalue weighted by Crippen LogP contribution is 2.18. The number of halogens is 1. The summed E-state index contributed by atoms with van der Waals surface area (Å²) in [4.78, 5) is 0. The molecule has 0 aliphatic carbocycles. The maximum absolute atomic E-state index is 13.6. The molecule has 0 amide bonds. The van der Waals surface area contributed by atoms with E-state index in [-0.39, 0.29) is 18.3 Å². The molecule has 1 aromatic rings. The van der Waals surface area contributed by atoms with Gasteiger partial charge in [0, 0.05) is 19.1 Å². The van der Waals surface area contributed by atoms with Gasteiger partial charge in [0.25, 0.3) is 0 Å². The Kier molecular flexibility index (Phi) is 5.20. The molecule has 0 spiro atoms. The quantitative estimate of drug-likeness (QED) is 0.847. The first kappa shape index (κ1) is 13.9. The number of hydrogen-bond donors (Lipinski definition) is 1. The van der Waals surface area contributed by atoms with E-state index in [1.165, 1.54) is 6.07 Å². The van der Waals surface area contributed by atoms with Crippen LogP contribution >= 0.6 is 0 Å². The molecule has 1 aliphatic heterocycles. The fourth-order valence-corrected chi connectivity index (χ4v) is 2.00. The number of aliphatic hydroxyl groups is 1. The molecule has 3 nitrogen and oxygen atoms in total. The smallest absolute Gasteiger partial charge is 0.142 e.